The number of hydrogen-bond acceptors (Lipinski definition) is 1. The van der Waals surface area contributed by atoms with E-state index in [1.165, 1.54) is 0 Å². The lowest BCUT2D eigenvalue weighted by molar-refractivity contribution is 0.391. The van der Waals surface area contributed by atoms with Crippen molar-refractivity contribution in [1.82, 2.24) is 5.32 Å². The summed E-state index contributed by atoms with van der Waals surface area (Å²) < 4.78 is 0. The van der Waals surface area contributed by atoms with Crippen molar-refractivity contribution in [2.45, 2.75) is 20.8 Å². The van der Waals surface area contributed by atoms with Gasteiger partial charge in [-0.25, -0.2) is 0 Å². The molecule has 0 aliphatic heterocycles. The van der Waals surface area contributed by atoms with Gasteiger partial charge >= 0.3 is 0 Å². The maximum absolute atomic E-state index is 5.69. The zero-order valence-corrected chi connectivity index (χ0v) is 7.26. The normalized spacial score (nSPS) is 12.0. The van der Waals surface area contributed by atoms with E-state index in [0.29, 0.717) is 0 Å². The van der Waals surface area contributed by atoms with Gasteiger partial charge < -0.3 is 5.32 Å². The molecule has 0 aromatic heterocycles. The first-order valence-electron chi connectivity index (χ1n) is 3.39. The molecule has 0 amide bonds. The highest BCUT2D eigenvalue weighted by Crippen LogP contribution is 2.14. The molecule has 0 atom stereocenters. The fraction of sp³-hybridized carbons (Fsp3) is 1.00. The van der Waals surface area contributed by atoms with E-state index in [4.69, 9.17) is 11.6 Å². The second-order valence-corrected chi connectivity index (χ2v) is 3.35. The van der Waals surface area contributed by atoms with E-state index in [9.17, 15) is 0 Å². The van der Waals surface area contributed by atoms with Crippen molar-refractivity contribution in [2.75, 3.05) is 19.0 Å². The van der Waals surface area contributed by atoms with Gasteiger partial charge in [0.2, 0.25) is 0 Å². The molecule has 9 heavy (non-hydrogen) atoms. The molecule has 56 valence electrons. The molecular formula is C7H16ClN. The summed E-state index contributed by atoms with van der Waals surface area (Å²) in [5.41, 5.74) is 0.248. The Morgan fingerprint density at radius 2 is 2.00 bits per heavy atom. The highest BCUT2D eigenvalue weighted by Gasteiger charge is 2.14. The Morgan fingerprint density at radius 3 is 2.33 bits per heavy atom. The first kappa shape index (κ1) is 9.25. The van der Waals surface area contributed by atoms with Gasteiger partial charge in [0, 0.05) is 12.4 Å². The first-order valence-corrected chi connectivity index (χ1v) is 3.92. The van der Waals surface area contributed by atoms with Crippen LogP contribution in [0.4, 0.5) is 0 Å². The van der Waals surface area contributed by atoms with Gasteiger partial charge in [-0.1, -0.05) is 20.8 Å². The van der Waals surface area contributed by atoms with E-state index in [2.05, 4.69) is 26.1 Å². The topological polar surface area (TPSA) is 12.0 Å². The summed E-state index contributed by atoms with van der Waals surface area (Å²) in [4.78, 5) is 0. The third-order valence-corrected chi connectivity index (χ3v) is 1.94. The summed E-state index contributed by atoms with van der Waals surface area (Å²) >= 11 is 5.69. The summed E-state index contributed by atoms with van der Waals surface area (Å²) in [6.45, 7) is 8.45. The molecule has 0 rings (SSSR count). The molecule has 0 saturated carbocycles. The Balaban J connectivity index is 3.33. The van der Waals surface area contributed by atoms with Gasteiger partial charge in [0.05, 0.1) is 0 Å². The van der Waals surface area contributed by atoms with Crippen LogP contribution in [0.2, 0.25) is 0 Å². The average molecular weight is 150 g/mol. The number of halogens is 1. The molecule has 2 heteroatoms. The quantitative estimate of drug-likeness (QED) is 0.602. The highest BCUT2D eigenvalue weighted by molar-refractivity contribution is 6.18. The van der Waals surface area contributed by atoms with Crippen LogP contribution in [0.3, 0.4) is 0 Å². The highest BCUT2D eigenvalue weighted by atomic mass is 35.5. The first-order chi connectivity index (χ1) is 4.12. The number of rotatable bonds is 4. The molecule has 0 aliphatic rings. The van der Waals surface area contributed by atoms with Gasteiger partial charge in [-0.15, -0.1) is 11.6 Å². The monoisotopic (exact) mass is 149 g/mol. The Hall–Kier alpha value is 0.250. The minimum atomic E-state index is 0.248. The molecule has 0 radical (unpaired) electrons. The molecule has 1 nitrogen and oxygen atoms in total. The fourth-order valence-electron chi connectivity index (χ4n) is 0.511. The summed E-state index contributed by atoms with van der Waals surface area (Å²) in [5, 5.41) is 3.26. The lowest BCUT2D eigenvalue weighted by Gasteiger charge is -2.20. The third kappa shape index (κ3) is 4.73. The van der Waals surface area contributed by atoms with Crippen LogP contribution in [0.1, 0.15) is 20.8 Å². The lowest BCUT2D eigenvalue weighted by atomic mass is 9.97. The van der Waals surface area contributed by atoms with Gasteiger partial charge in [0.15, 0.2) is 0 Å². The van der Waals surface area contributed by atoms with E-state index >= 15 is 0 Å². The standard InChI is InChI=1S/C7H16ClN/c1-4-9-6-7(2,3)5-8/h9H,4-6H2,1-3H3. The van der Waals surface area contributed by atoms with E-state index in [1.54, 1.807) is 0 Å². The van der Waals surface area contributed by atoms with E-state index in [-0.39, 0.29) is 5.41 Å². The van der Waals surface area contributed by atoms with Crippen LogP contribution in [-0.4, -0.2) is 19.0 Å². The molecule has 1 N–H and O–H groups in total. The summed E-state index contributed by atoms with van der Waals surface area (Å²) in [7, 11) is 0. The van der Waals surface area contributed by atoms with Crippen molar-refractivity contribution < 1.29 is 0 Å². The minimum Gasteiger partial charge on any atom is -0.316 e. The van der Waals surface area contributed by atoms with Crippen molar-refractivity contribution in [3.63, 3.8) is 0 Å². The zero-order valence-electron chi connectivity index (χ0n) is 6.50. The summed E-state index contributed by atoms with van der Waals surface area (Å²) in [6.07, 6.45) is 0. The largest absolute Gasteiger partial charge is 0.316 e. The molecule has 0 bridgehead atoms. The lowest BCUT2D eigenvalue weighted by Crippen LogP contribution is -2.30. The molecule has 0 aromatic rings. The molecule has 0 aromatic carbocycles. The van der Waals surface area contributed by atoms with Crippen LogP contribution in [0.5, 0.6) is 0 Å². The fourth-order valence-corrected chi connectivity index (χ4v) is 0.605. The molecule has 0 saturated heterocycles. The van der Waals surface area contributed by atoms with Crippen molar-refractivity contribution >= 4 is 11.6 Å². The van der Waals surface area contributed by atoms with Gasteiger partial charge in [-0.3, -0.25) is 0 Å². The predicted octanol–water partition coefficient (Wildman–Crippen LogP) is 1.86. The molecule has 0 unspecified atom stereocenters. The van der Waals surface area contributed by atoms with E-state index in [1.807, 2.05) is 0 Å². The van der Waals surface area contributed by atoms with Crippen molar-refractivity contribution in [1.29, 1.82) is 0 Å². The molecule has 0 heterocycles. The van der Waals surface area contributed by atoms with E-state index < -0.39 is 0 Å². The molecule has 0 spiro atoms. The summed E-state index contributed by atoms with van der Waals surface area (Å²) in [5.74, 6) is 0.722. The van der Waals surface area contributed by atoms with Crippen molar-refractivity contribution in [2.24, 2.45) is 5.41 Å². The Kier molecular flexibility index (Phi) is 4.24. The molecular weight excluding hydrogens is 134 g/mol. The van der Waals surface area contributed by atoms with Gasteiger partial charge in [0.25, 0.3) is 0 Å². The smallest absolute Gasteiger partial charge is 0.0286 e. The second kappa shape index (κ2) is 4.13. The van der Waals surface area contributed by atoms with Crippen molar-refractivity contribution in [3.05, 3.63) is 0 Å². The summed E-state index contributed by atoms with van der Waals surface area (Å²) in [6, 6.07) is 0. The van der Waals surface area contributed by atoms with Gasteiger partial charge in [-0.05, 0) is 12.0 Å². The molecule has 0 fully saturated rings. The minimum absolute atomic E-state index is 0.248. The van der Waals surface area contributed by atoms with Crippen LogP contribution in [0, 0.1) is 5.41 Å². The third-order valence-electron chi connectivity index (χ3n) is 1.22. The zero-order chi connectivity index (χ0) is 7.33. The van der Waals surface area contributed by atoms with Crippen LogP contribution >= 0.6 is 11.6 Å². The van der Waals surface area contributed by atoms with E-state index in [0.717, 1.165) is 19.0 Å². The van der Waals surface area contributed by atoms with Crippen molar-refractivity contribution in [3.8, 4) is 0 Å². The second-order valence-electron chi connectivity index (χ2n) is 3.08. The SMILES string of the molecule is CCNCC(C)(C)CCl. The Labute approximate surface area is 62.8 Å². The van der Waals surface area contributed by atoms with Crippen LogP contribution in [0.15, 0.2) is 0 Å². The number of alkyl halides is 1. The van der Waals surface area contributed by atoms with Gasteiger partial charge in [-0.2, -0.15) is 0 Å². The number of hydrogen-bond donors (Lipinski definition) is 1. The Bertz CT molecular complexity index is 71.3. The van der Waals surface area contributed by atoms with Crippen LogP contribution < -0.4 is 5.32 Å². The van der Waals surface area contributed by atoms with Gasteiger partial charge in [0.1, 0.15) is 0 Å². The van der Waals surface area contributed by atoms with Crippen LogP contribution in [0.25, 0.3) is 0 Å². The maximum Gasteiger partial charge on any atom is 0.0286 e. The predicted molar refractivity (Wildman–Crippen MR) is 43.0 cm³/mol. The number of nitrogens with one attached hydrogen (secondary N) is 1. The molecule has 0 aliphatic carbocycles. The van der Waals surface area contributed by atoms with Crippen LogP contribution in [-0.2, 0) is 0 Å². The Morgan fingerprint density at radius 1 is 1.44 bits per heavy atom. The average Bonchev–Trinajstić information content (AvgIpc) is 1.84. The maximum atomic E-state index is 5.69.